The number of methoxy groups -OCH3 is 2. The van der Waals surface area contributed by atoms with Crippen molar-refractivity contribution >= 4 is 18.0 Å². The van der Waals surface area contributed by atoms with E-state index in [4.69, 9.17) is 18.9 Å². The number of carbonyl (C=O) groups excluding carboxylic acids is 2. The lowest BCUT2D eigenvalue weighted by Gasteiger charge is -2.08. The van der Waals surface area contributed by atoms with Crippen LogP contribution in [0, 0.1) is 0 Å². The molecule has 1 aromatic carbocycles. The van der Waals surface area contributed by atoms with Crippen LogP contribution >= 0.6 is 0 Å². The maximum Gasteiger partial charge on any atom is 0.347 e. The number of esters is 2. The van der Waals surface area contributed by atoms with Crippen molar-refractivity contribution < 1.29 is 28.5 Å². The first-order chi connectivity index (χ1) is 10.1. The molecule has 0 radical (unpaired) electrons. The van der Waals surface area contributed by atoms with Crippen LogP contribution in [0.15, 0.2) is 24.3 Å². The van der Waals surface area contributed by atoms with Gasteiger partial charge in [-0.2, -0.15) is 0 Å². The molecule has 1 aliphatic rings. The van der Waals surface area contributed by atoms with Crippen LogP contribution in [0.3, 0.4) is 0 Å². The van der Waals surface area contributed by atoms with Crippen LogP contribution in [0.1, 0.15) is 12.0 Å². The van der Waals surface area contributed by atoms with Crippen molar-refractivity contribution in [2.24, 2.45) is 0 Å². The van der Waals surface area contributed by atoms with E-state index in [1.54, 1.807) is 31.4 Å². The lowest BCUT2D eigenvalue weighted by molar-refractivity contribution is -0.156. The minimum atomic E-state index is -0.806. The van der Waals surface area contributed by atoms with Crippen LogP contribution in [-0.2, 0) is 19.1 Å². The van der Waals surface area contributed by atoms with Gasteiger partial charge in [-0.3, -0.25) is 0 Å². The zero-order valence-electron chi connectivity index (χ0n) is 11.8. The minimum absolute atomic E-state index is 0.285. The standard InChI is InChI=1S/C15H16O6/c1-18-11-5-3-10(13(9-11)19-2)4-6-14(16)21-12-7-8-20-15(12)17/h3-6,9,12H,7-8H2,1-2H3/b6-4+/t12-/m1/s1. The molecule has 112 valence electrons. The first kappa shape index (κ1) is 14.9. The van der Waals surface area contributed by atoms with E-state index in [1.807, 2.05) is 0 Å². The monoisotopic (exact) mass is 292 g/mol. The highest BCUT2D eigenvalue weighted by Crippen LogP contribution is 2.25. The third kappa shape index (κ3) is 3.75. The summed E-state index contributed by atoms with van der Waals surface area (Å²) in [6.45, 7) is 0.285. The highest BCUT2D eigenvalue weighted by Gasteiger charge is 2.29. The van der Waals surface area contributed by atoms with Gasteiger partial charge in [0.15, 0.2) is 0 Å². The Balaban J connectivity index is 2.03. The molecule has 0 aromatic heterocycles. The molecule has 0 spiro atoms. The molecular weight excluding hydrogens is 276 g/mol. The Kier molecular flexibility index (Phi) is 4.81. The van der Waals surface area contributed by atoms with E-state index in [1.165, 1.54) is 13.2 Å². The summed E-state index contributed by atoms with van der Waals surface area (Å²) in [5, 5.41) is 0. The smallest absolute Gasteiger partial charge is 0.347 e. The number of ether oxygens (including phenoxy) is 4. The molecule has 6 heteroatoms. The summed E-state index contributed by atoms with van der Waals surface area (Å²) >= 11 is 0. The predicted octanol–water partition coefficient (Wildman–Crippen LogP) is 1.58. The summed E-state index contributed by atoms with van der Waals surface area (Å²) in [4.78, 5) is 22.9. The summed E-state index contributed by atoms with van der Waals surface area (Å²) in [6.07, 6.45) is 2.39. The Bertz CT molecular complexity index is 563. The summed E-state index contributed by atoms with van der Waals surface area (Å²) in [7, 11) is 3.08. The van der Waals surface area contributed by atoms with E-state index in [9.17, 15) is 9.59 Å². The van der Waals surface area contributed by atoms with Crippen molar-refractivity contribution in [3.8, 4) is 11.5 Å². The maximum absolute atomic E-state index is 11.7. The lowest BCUT2D eigenvalue weighted by Crippen LogP contribution is -2.21. The third-order valence-corrected chi connectivity index (χ3v) is 2.99. The van der Waals surface area contributed by atoms with Gasteiger partial charge in [0.2, 0.25) is 6.10 Å². The van der Waals surface area contributed by atoms with Crippen LogP contribution in [0.2, 0.25) is 0 Å². The SMILES string of the molecule is COc1ccc(/C=C/C(=O)O[C@@H]2CCOC2=O)c(OC)c1. The highest BCUT2D eigenvalue weighted by molar-refractivity contribution is 5.90. The molecule has 0 N–H and O–H groups in total. The molecule has 21 heavy (non-hydrogen) atoms. The maximum atomic E-state index is 11.7. The number of rotatable bonds is 5. The summed E-state index contributed by atoms with van der Waals surface area (Å²) in [5.41, 5.74) is 0.698. The van der Waals surface area contributed by atoms with Crippen LogP contribution < -0.4 is 9.47 Å². The molecule has 2 rings (SSSR count). The van der Waals surface area contributed by atoms with E-state index in [0.29, 0.717) is 23.5 Å². The van der Waals surface area contributed by atoms with Gasteiger partial charge in [0.05, 0.1) is 20.8 Å². The molecule has 1 aliphatic heterocycles. The second-order valence-electron chi connectivity index (χ2n) is 4.32. The van der Waals surface area contributed by atoms with Gasteiger partial charge >= 0.3 is 11.9 Å². The average molecular weight is 292 g/mol. The number of hydrogen-bond donors (Lipinski definition) is 0. The van der Waals surface area contributed by atoms with Crippen LogP contribution in [0.4, 0.5) is 0 Å². The molecule has 1 aromatic rings. The highest BCUT2D eigenvalue weighted by atomic mass is 16.6. The number of cyclic esters (lactones) is 1. The fourth-order valence-electron chi connectivity index (χ4n) is 1.88. The van der Waals surface area contributed by atoms with Gasteiger partial charge in [-0.05, 0) is 18.2 Å². The van der Waals surface area contributed by atoms with Gasteiger partial charge in [0, 0.05) is 24.1 Å². The van der Waals surface area contributed by atoms with Crippen LogP contribution in [0.5, 0.6) is 11.5 Å². The Morgan fingerprint density at radius 2 is 2.14 bits per heavy atom. The zero-order valence-corrected chi connectivity index (χ0v) is 11.8. The van der Waals surface area contributed by atoms with Gasteiger partial charge in [0.25, 0.3) is 0 Å². The molecule has 0 unspecified atom stereocenters. The lowest BCUT2D eigenvalue weighted by atomic mass is 10.1. The Morgan fingerprint density at radius 3 is 2.76 bits per heavy atom. The fourth-order valence-corrected chi connectivity index (χ4v) is 1.88. The summed E-state index contributed by atoms with van der Waals surface area (Å²) in [6, 6.07) is 5.21. The molecule has 1 fully saturated rings. The van der Waals surface area contributed by atoms with Crippen molar-refractivity contribution in [1.29, 1.82) is 0 Å². The van der Waals surface area contributed by atoms with E-state index in [-0.39, 0.29) is 6.61 Å². The number of carbonyl (C=O) groups is 2. The van der Waals surface area contributed by atoms with Crippen molar-refractivity contribution in [1.82, 2.24) is 0 Å². The van der Waals surface area contributed by atoms with Gasteiger partial charge in [-0.1, -0.05) is 0 Å². The van der Waals surface area contributed by atoms with Gasteiger partial charge in [0.1, 0.15) is 11.5 Å². The van der Waals surface area contributed by atoms with E-state index in [0.717, 1.165) is 0 Å². The first-order valence-corrected chi connectivity index (χ1v) is 6.41. The first-order valence-electron chi connectivity index (χ1n) is 6.41. The minimum Gasteiger partial charge on any atom is -0.497 e. The summed E-state index contributed by atoms with van der Waals surface area (Å²) in [5.74, 6) is 0.120. The van der Waals surface area contributed by atoms with Gasteiger partial charge in [-0.25, -0.2) is 9.59 Å². The molecule has 0 aliphatic carbocycles. The van der Waals surface area contributed by atoms with Crippen molar-refractivity contribution in [3.63, 3.8) is 0 Å². The van der Waals surface area contributed by atoms with Crippen molar-refractivity contribution in [2.75, 3.05) is 20.8 Å². The van der Waals surface area contributed by atoms with Crippen molar-refractivity contribution in [2.45, 2.75) is 12.5 Å². The number of benzene rings is 1. The quantitative estimate of drug-likeness (QED) is 0.606. The van der Waals surface area contributed by atoms with Crippen LogP contribution in [-0.4, -0.2) is 38.9 Å². The molecule has 0 bridgehead atoms. The largest absolute Gasteiger partial charge is 0.497 e. The normalized spacial score (nSPS) is 17.6. The summed E-state index contributed by atoms with van der Waals surface area (Å²) < 4.78 is 20.0. The molecule has 1 heterocycles. The molecule has 1 saturated heterocycles. The van der Waals surface area contributed by atoms with E-state index >= 15 is 0 Å². The predicted molar refractivity (Wildman–Crippen MR) is 74.0 cm³/mol. The molecule has 6 nitrogen and oxygen atoms in total. The second-order valence-corrected chi connectivity index (χ2v) is 4.32. The third-order valence-electron chi connectivity index (χ3n) is 2.99. The zero-order chi connectivity index (χ0) is 15.2. The van der Waals surface area contributed by atoms with E-state index < -0.39 is 18.0 Å². The Labute approximate surface area is 122 Å². The average Bonchev–Trinajstić information content (AvgIpc) is 2.90. The number of hydrogen-bond acceptors (Lipinski definition) is 6. The molecular formula is C15H16O6. The fraction of sp³-hybridized carbons (Fsp3) is 0.333. The van der Waals surface area contributed by atoms with Gasteiger partial charge < -0.3 is 18.9 Å². The topological polar surface area (TPSA) is 71.1 Å². The molecule has 1 atom stereocenters. The van der Waals surface area contributed by atoms with Gasteiger partial charge in [-0.15, -0.1) is 0 Å². The molecule has 0 saturated carbocycles. The van der Waals surface area contributed by atoms with E-state index in [2.05, 4.69) is 0 Å². The van der Waals surface area contributed by atoms with Crippen LogP contribution in [0.25, 0.3) is 6.08 Å². The Morgan fingerprint density at radius 1 is 1.33 bits per heavy atom. The Hall–Kier alpha value is -2.50. The molecule has 0 amide bonds. The second kappa shape index (κ2) is 6.78. The van der Waals surface area contributed by atoms with Crippen molar-refractivity contribution in [3.05, 3.63) is 29.8 Å².